The highest BCUT2D eigenvalue weighted by Crippen LogP contribution is 2.25. The van der Waals surface area contributed by atoms with Gasteiger partial charge in [-0.15, -0.1) is 0 Å². The van der Waals surface area contributed by atoms with E-state index in [9.17, 15) is 0 Å². The topological polar surface area (TPSA) is 52.1 Å². The van der Waals surface area contributed by atoms with Crippen molar-refractivity contribution in [1.82, 2.24) is 14.8 Å². The summed E-state index contributed by atoms with van der Waals surface area (Å²) in [4.78, 5) is 0. The van der Waals surface area contributed by atoms with E-state index in [0.29, 0.717) is 11.4 Å². The highest BCUT2D eigenvalue weighted by Gasteiger charge is 2.04. The van der Waals surface area contributed by atoms with Gasteiger partial charge in [-0.2, -0.15) is 5.10 Å². The Balaban J connectivity index is 1.83. The third-order valence-corrected chi connectivity index (χ3v) is 3.72. The van der Waals surface area contributed by atoms with Gasteiger partial charge in [0.25, 0.3) is 0 Å². The molecule has 0 aliphatic rings. The molecule has 0 fully saturated rings. The molecule has 0 aliphatic carbocycles. The summed E-state index contributed by atoms with van der Waals surface area (Å²) < 4.78 is 13.4. The molecule has 0 saturated heterocycles. The first-order valence-electron chi connectivity index (χ1n) is 6.48. The van der Waals surface area contributed by atoms with Crippen molar-refractivity contribution in [2.24, 2.45) is 7.05 Å². The molecule has 108 valence electrons. The van der Waals surface area contributed by atoms with E-state index >= 15 is 0 Å². The molecule has 0 radical (unpaired) electrons. The molecule has 0 atom stereocenters. The zero-order valence-electron chi connectivity index (χ0n) is 11.8. The molecule has 0 amide bonds. The number of ether oxygens (including phenoxy) is 2. The molecule has 5 nitrogen and oxygen atoms in total. The van der Waals surface area contributed by atoms with Crippen LogP contribution in [-0.2, 0) is 13.7 Å². The van der Waals surface area contributed by atoms with Gasteiger partial charge in [0.1, 0.15) is 18.1 Å². The van der Waals surface area contributed by atoms with Crippen LogP contribution >= 0.6 is 12.2 Å². The van der Waals surface area contributed by atoms with Gasteiger partial charge in [-0.3, -0.25) is 5.10 Å². The van der Waals surface area contributed by atoms with Gasteiger partial charge < -0.3 is 14.0 Å². The maximum atomic E-state index is 5.78. The van der Waals surface area contributed by atoms with Crippen molar-refractivity contribution in [2.75, 3.05) is 7.11 Å². The molecular formula is C15H15N3O2S. The molecule has 0 bridgehead atoms. The predicted octanol–water partition coefficient (Wildman–Crippen LogP) is 3.22. The number of rotatable bonds is 4. The lowest BCUT2D eigenvalue weighted by Gasteiger charge is -2.08. The number of aromatic nitrogens is 3. The lowest BCUT2D eigenvalue weighted by Crippen LogP contribution is -2.03. The summed E-state index contributed by atoms with van der Waals surface area (Å²) in [6.07, 6.45) is 0. The van der Waals surface area contributed by atoms with Crippen LogP contribution < -0.4 is 9.47 Å². The van der Waals surface area contributed by atoms with E-state index in [2.05, 4.69) is 10.2 Å². The molecule has 1 aromatic heterocycles. The van der Waals surface area contributed by atoms with Crippen LogP contribution in [0.5, 0.6) is 11.5 Å². The monoisotopic (exact) mass is 301 g/mol. The molecule has 2 aromatic carbocycles. The van der Waals surface area contributed by atoms with E-state index in [-0.39, 0.29) is 0 Å². The summed E-state index contributed by atoms with van der Waals surface area (Å²) in [6.45, 7) is 0.360. The first-order valence-corrected chi connectivity index (χ1v) is 6.89. The molecule has 3 aromatic rings. The summed E-state index contributed by atoms with van der Waals surface area (Å²) in [6, 6.07) is 11.9. The van der Waals surface area contributed by atoms with Crippen LogP contribution in [0.2, 0.25) is 0 Å². The molecular weight excluding hydrogens is 286 g/mol. The number of benzene rings is 2. The van der Waals surface area contributed by atoms with E-state index in [1.807, 2.05) is 43.4 Å². The van der Waals surface area contributed by atoms with E-state index < -0.39 is 0 Å². The second kappa shape index (κ2) is 5.57. The minimum Gasteiger partial charge on any atom is -0.497 e. The number of nitrogens with zero attached hydrogens (tertiary/aromatic N) is 2. The smallest absolute Gasteiger partial charge is 0.194 e. The van der Waals surface area contributed by atoms with Gasteiger partial charge in [-0.1, -0.05) is 12.1 Å². The normalized spacial score (nSPS) is 10.8. The van der Waals surface area contributed by atoms with Crippen LogP contribution in [-0.4, -0.2) is 21.9 Å². The maximum Gasteiger partial charge on any atom is 0.194 e. The van der Waals surface area contributed by atoms with Gasteiger partial charge in [0.2, 0.25) is 0 Å². The van der Waals surface area contributed by atoms with Crippen molar-refractivity contribution in [1.29, 1.82) is 0 Å². The lowest BCUT2D eigenvalue weighted by atomic mass is 10.1. The molecule has 1 heterocycles. The molecule has 1 N–H and O–H groups in total. The number of hydrogen-bond acceptors (Lipinski definition) is 4. The van der Waals surface area contributed by atoms with E-state index in [0.717, 1.165) is 28.1 Å². The lowest BCUT2D eigenvalue weighted by molar-refractivity contribution is 0.291. The highest BCUT2D eigenvalue weighted by atomic mass is 32.1. The van der Waals surface area contributed by atoms with Gasteiger partial charge in [0.05, 0.1) is 7.11 Å². The van der Waals surface area contributed by atoms with Crippen molar-refractivity contribution < 1.29 is 9.47 Å². The zero-order chi connectivity index (χ0) is 14.8. The Labute approximate surface area is 127 Å². The summed E-state index contributed by atoms with van der Waals surface area (Å²) >= 11 is 5.07. The Bertz CT molecular complexity index is 838. The van der Waals surface area contributed by atoms with Crippen molar-refractivity contribution in [3.05, 3.63) is 47.0 Å². The summed E-state index contributed by atoms with van der Waals surface area (Å²) in [5, 5.41) is 9.07. The molecule has 0 unspecified atom stereocenters. The highest BCUT2D eigenvalue weighted by molar-refractivity contribution is 7.71. The number of fused-ring (bicyclic) bond motifs is 1. The minimum absolute atomic E-state index is 0.360. The Morgan fingerprint density at radius 3 is 2.52 bits per heavy atom. The molecule has 0 spiro atoms. The molecule has 0 aliphatic heterocycles. The second-order valence-electron chi connectivity index (χ2n) is 4.67. The van der Waals surface area contributed by atoms with Gasteiger partial charge in [-0.25, -0.2) is 0 Å². The molecule has 0 saturated carbocycles. The van der Waals surface area contributed by atoms with Crippen molar-refractivity contribution in [3.63, 3.8) is 0 Å². The fraction of sp³-hybridized carbons (Fsp3) is 0.200. The molecule has 21 heavy (non-hydrogen) atoms. The van der Waals surface area contributed by atoms with Crippen LogP contribution in [0.1, 0.15) is 5.82 Å². The molecule has 6 heteroatoms. The zero-order valence-corrected chi connectivity index (χ0v) is 12.6. The van der Waals surface area contributed by atoms with E-state index in [1.165, 1.54) is 0 Å². The maximum absolute atomic E-state index is 5.78. The van der Waals surface area contributed by atoms with Crippen LogP contribution in [0.4, 0.5) is 0 Å². The van der Waals surface area contributed by atoms with Crippen LogP contribution in [0.15, 0.2) is 36.4 Å². The summed E-state index contributed by atoms with van der Waals surface area (Å²) in [5.74, 6) is 2.37. The quantitative estimate of drug-likeness (QED) is 0.752. The number of methoxy groups -OCH3 is 1. The Morgan fingerprint density at radius 1 is 1.14 bits per heavy atom. The second-order valence-corrected chi connectivity index (χ2v) is 5.05. The summed E-state index contributed by atoms with van der Waals surface area (Å²) in [5.41, 5.74) is 0. The van der Waals surface area contributed by atoms with Crippen LogP contribution in [0, 0.1) is 4.77 Å². The van der Waals surface area contributed by atoms with Crippen molar-refractivity contribution in [3.8, 4) is 11.5 Å². The van der Waals surface area contributed by atoms with Gasteiger partial charge in [-0.05, 0) is 47.3 Å². The number of hydrogen-bond donors (Lipinski definition) is 1. The summed E-state index contributed by atoms with van der Waals surface area (Å²) in [7, 11) is 3.52. The number of H-pyrrole nitrogens is 1. The largest absolute Gasteiger partial charge is 0.497 e. The average Bonchev–Trinajstić information content (AvgIpc) is 2.83. The average molecular weight is 301 g/mol. The standard InChI is InChI=1S/C15H15N3O2S/c1-18-14(16-17-15(18)21)9-20-13-6-4-10-3-5-12(19-2)7-11(10)8-13/h3-8H,9H2,1-2H3,(H,17,21). The Morgan fingerprint density at radius 2 is 1.86 bits per heavy atom. The fourth-order valence-electron chi connectivity index (χ4n) is 2.08. The van der Waals surface area contributed by atoms with Crippen molar-refractivity contribution >= 4 is 23.0 Å². The van der Waals surface area contributed by atoms with Gasteiger partial charge >= 0.3 is 0 Å². The minimum atomic E-state index is 0.360. The first kappa shape index (κ1) is 13.6. The third kappa shape index (κ3) is 2.75. The van der Waals surface area contributed by atoms with E-state index in [1.54, 1.807) is 11.7 Å². The van der Waals surface area contributed by atoms with Gasteiger partial charge in [0.15, 0.2) is 10.6 Å². The van der Waals surface area contributed by atoms with Crippen LogP contribution in [0.3, 0.4) is 0 Å². The number of aromatic amines is 1. The van der Waals surface area contributed by atoms with Crippen molar-refractivity contribution in [2.45, 2.75) is 6.61 Å². The Hall–Kier alpha value is -2.34. The van der Waals surface area contributed by atoms with Crippen LogP contribution in [0.25, 0.3) is 10.8 Å². The molecule has 3 rings (SSSR count). The third-order valence-electron chi connectivity index (χ3n) is 3.36. The fourth-order valence-corrected chi connectivity index (χ4v) is 2.23. The van der Waals surface area contributed by atoms with E-state index in [4.69, 9.17) is 21.7 Å². The predicted molar refractivity (Wildman–Crippen MR) is 83.2 cm³/mol. The number of nitrogens with one attached hydrogen (secondary N) is 1. The van der Waals surface area contributed by atoms with Gasteiger partial charge in [0, 0.05) is 7.05 Å². The Kier molecular flexibility index (Phi) is 3.62. The first-order chi connectivity index (χ1) is 10.2. The SMILES string of the molecule is COc1ccc2ccc(OCc3n[nH]c(=S)n3C)cc2c1.